The van der Waals surface area contributed by atoms with Crippen molar-refractivity contribution in [1.29, 1.82) is 0 Å². The highest BCUT2D eigenvalue weighted by molar-refractivity contribution is 6.50. The number of fused-ring (bicyclic) bond motifs is 1. The molecule has 222 valence electrons. The van der Waals surface area contributed by atoms with Crippen LogP contribution >= 0.6 is 0 Å². The molecule has 0 radical (unpaired) electrons. The largest absolute Gasteiger partial charge is 0.673 e. The minimum Gasteiger partial charge on any atom is -0.489 e. The quantitative estimate of drug-likeness (QED) is 0.0994. The van der Waals surface area contributed by atoms with Gasteiger partial charge in [-0.05, 0) is 59.2 Å². The summed E-state index contributed by atoms with van der Waals surface area (Å²) in [6.45, 7) is 1.10. The second-order valence-electron chi connectivity index (χ2n) is 10.1. The van der Waals surface area contributed by atoms with Gasteiger partial charge in [0.2, 0.25) is 5.69 Å². The molecule has 0 amide bonds. The first-order chi connectivity index (χ1) is 21.2. The lowest BCUT2D eigenvalue weighted by Crippen LogP contribution is -2.31. The maximum Gasteiger partial charge on any atom is 0.673 e. The number of hydrogen-bond acceptors (Lipinski definition) is 2. The molecule has 6 rings (SSSR count). The third kappa shape index (κ3) is 8.25. The predicted molar refractivity (Wildman–Crippen MR) is 168 cm³/mol. The summed E-state index contributed by atoms with van der Waals surface area (Å²) in [5.74, 6) is 1.71. The Kier molecular flexibility index (Phi) is 9.60. The smallest absolute Gasteiger partial charge is 0.489 e. The normalized spacial score (nSPS) is 11.0. The van der Waals surface area contributed by atoms with Gasteiger partial charge in [0.1, 0.15) is 31.8 Å². The maximum absolute atomic E-state index is 9.75. The Bertz CT molecular complexity index is 1790. The van der Waals surface area contributed by atoms with Crippen molar-refractivity contribution >= 4 is 18.0 Å². The van der Waals surface area contributed by atoms with Crippen LogP contribution in [-0.4, -0.2) is 7.25 Å². The maximum atomic E-state index is 9.75. The molecule has 0 spiro atoms. The van der Waals surface area contributed by atoms with Gasteiger partial charge in [0.05, 0.1) is 5.56 Å². The lowest BCUT2D eigenvalue weighted by molar-refractivity contribution is -0.658. The van der Waals surface area contributed by atoms with Crippen LogP contribution in [0.15, 0.2) is 140 Å². The summed E-state index contributed by atoms with van der Waals surface area (Å²) < 4.78 is 53.3. The number of ether oxygens (including phenoxy) is 2. The highest BCUT2D eigenvalue weighted by Crippen LogP contribution is 2.37. The lowest BCUT2D eigenvalue weighted by Gasteiger charge is -2.13. The summed E-state index contributed by atoms with van der Waals surface area (Å²) in [7, 11) is -3.89. The second-order valence-corrected chi connectivity index (χ2v) is 10.1. The number of aromatic nitrogens is 1. The number of halogens is 4. The van der Waals surface area contributed by atoms with E-state index < -0.39 is 7.25 Å². The van der Waals surface area contributed by atoms with Crippen LogP contribution in [0.25, 0.3) is 33.2 Å². The van der Waals surface area contributed by atoms with Crippen molar-refractivity contribution in [3.05, 3.63) is 151 Å². The van der Waals surface area contributed by atoms with Gasteiger partial charge in [0.15, 0.2) is 6.20 Å². The van der Waals surface area contributed by atoms with E-state index in [4.69, 9.17) is 9.47 Å². The Labute approximate surface area is 254 Å². The van der Waals surface area contributed by atoms with Crippen molar-refractivity contribution in [3.8, 4) is 33.9 Å². The Morgan fingerprint density at radius 2 is 0.977 bits per heavy atom. The van der Waals surface area contributed by atoms with Crippen molar-refractivity contribution in [3.63, 3.8) is 0 Å². The van der Waals surface area contributed by atoms with Crippen LogP contribution in [0.2, 0.25) is 0 Å². The molecule has 3 nitrogen and oxygen atoms in total. The standard InChI is InChI=1S/C36H30NO2.BF4/c1-37-24-31-14-8-9-15-34(31)35(29-16-20-32(21-17-29)38-25-27-10-4-2-5-11-27)36(37)30-18-22-33(23-19-30)39-26-28-12-6-3-7-13-28;2-1(3,4)5/h2-24H,25-26H2,1H3;/q+1;-1. The van der Waals surface area contributed by atoms with Crippen LogP contribution in [0.3, 0.4) is 0 Å². The van der Waals surface area contributed by atoms with E-state index in [2.05, 4.69) is 115 Å². The highest BCUT2D eigenvalue weighted by atomic mass is 19.5. The van der Waals surface area contributed by atoms with Crippen LogP contribution in [0.4, 0.5) is 17.3 Å². The van der Waals surface area contributed by atoms with E-state index in [1.807, 2.05) is 36.4 Å². The van der Waals surface area contributed by atoms with Gasteiger partial charge in [-0.2, -0.15) is 4.57 Å². The Morgan fingerprint density at radius 3 is 1.48 bits per heavy atom. The zero-order valence-corrected chi connectivity index (χ0v) is 24.0. The van der Waals surface area contributed by atoms with E-state index in [1.165, 1.54) is 16.3 Å². The lowest BCUT2D eigenvalue weighted by atomic mass is 9.93. The molecule has 0 fully saturated rings. The summed E-state index contributed by atoms with van der Waals surface area (Å²) >= 11 is 0. The fourth-order valence-electron chi connectivity index (χ4n) is 4.96. The molecule has 1 aromatic heterocycles. The molecule has 5 aromatic carbocycles. The summed E-state index contributed by atoms with van der Waals surface area (Å²) in [5, 5.41) is 2.42. The molecule has 0 bridgehead atoms. The van der Waals surface area contributed by atoms with Crippen LogP contribution in [0.1, 0.15) is 11.1 Å². The van der Waals surface area contributed by atoms with Gasteiger partial charge in [-0.1, -0.05) is 91.0 Å². The molecule has 1 heterocycles. The van der Waals surface area contributed by atoms with Crippen molar-refractivity contribution in [2.45, 2.75) is 13.2 Å². The van der Waals surface area contributed by atoms with Crippen LogP contribution < -0.4 is 14.0 Å². The van der Waals surface area contributed by atoms with E-state index in [0.29, 0.717) is 13.2 Å². The van der Waals surface area contributed by atoms with Gasteiger partial charge >= 0.3 is 7.25 Å². The fourth-order valence-corrected chi connectivity index (χ4v) is 4.96. The third-order valence-electron chi connectivity index (χ3n) is 6.92. The zero-order chi connectivity index (χ0) is 30.9. The first-order valence-electron chi connectivity index (χ1n) is 14.1. The molecule has 0 saturated carbocycles. The molecular formula is C36H30BF4NO2. The Balaban J connectivity index is 0.000000712. The summed E-state index contributed by atoms with van der Waals surface area (Å²) in [4.78, 5) is 0. The van der Waals surface area contributed by atoms with Gasteiger partial charge in [-0.3, -0.25) is 0 Å². The van der Waals surface area contributed by atoms with Gasteiger partial charge in [0, 0.05) is 16.3 Å². The minimum absolute atomic E-state index is 0.549. The highest BCUT2D eigenvalue weighted by Gasteiger charge is 2.22. The molecule has 0 aliphatic carbocycles. The zero-order valence-electron chi connectivity index (χ0n) is 24.0. The van der Waals surface area contributed by atoms with Crippen molar-refractivity contribution in [2.24, 2.45) is 7.05 Å². The average molecular weight is 595 g/mol. The van der Waals surface area contributed by atoms with Gasteiger partial charge in [-0.15, -0.1) is 0 Å². The molecule has 0 aliphatic rings. The summed E-state index contributed by atoms with van der Waals surface area (Å²) in [5.41, 5.74) is 6.94. The Morgan fingerprint density at radius 1 is 0.545 bits per heavy atom. The van der Waals surface area contributed by atoms with Crippen LogP contribution in [0, 0.1) is 0 Å². The third-order valence-corrected chi connectivity index (χ3v) is 6.92. The topological polar surface area (TPSA) is 22.3 Å². The fraction of sp³-hybridized carbons (Fsp3) is 0.0833. The predicted octanol–water partition coefficient (Wildman–Crippen LogP) is 9.46. The summed E-state index contributed by atoms with van der Waals surface area (Å²) in [6, 6.07) is 45.9. The van der Waals surface area contributed by atoms with Crippen LogP contribution in [0.5, 0.6) is 11.5 Å². The monoisotopic (exact) mass is 595 g/mol. The number of hydrogen-bond donors (Lipinski definition) is 0. The number of aryl methyl sites for hydroxylation is 1. The first-order valence-corrected chi connectivity index (χ1v) is 14.1. The van der Waals surface area contributed by atoms with Gasteiger partial charge in [0.25, 0.3) is 0 Å². The molecular weight excluding hydrogens is 565 g/mol. The number of pyridine rings is 1. The molecule has 44 heavy (non-hydrogen) atoms. The van der Waals surface area contributed by atoms with Gasteiger partial charge in [-0.25, -0.2) is 0 Å². The minimum atomic E-state index is -6.00. The number of benzene rings is 5. The molecule has 0 aliphatic heterocycles. The molecule has 6 aromatic rings. The molecule has 0 N–H and O–H groups in total. The van der Waals surface area contributed by atoms with Crippen molar-refractivity contribution < 1.29 is 31.3 Å². The average Bonchev–Trinajstić information content (AvgIpc) is 3.03. The molecule has 0 saturated heterocycles. The van der Waals surface area contributed by atoms with Crippen molar-refractivity contribution in [2.75, 3.05) is 0 Å². The summed E-state index contributed by atoms with van der Waals surface area (Å²) in [6.07, 6.45) is 2.20. The number of nitrogens with zero attached hydrogens (tertiary/aromatic N) is 1. The first kappa shape index (κ1) is 30.4. The second kappa shape index (κ2) is 13.9. The van der Waals surface area contributed by atoms with Crippen molar-refractivity contribution in [1.82, 2.24) is 0 Å². The molecule has 0 unspecified atom stereocenters. The van der Waals surface area contributed by atoms with E-state index in [-0.39, 0.29) is 0 Å². The molecule has 8 heteroatoms. The Hall–Kier alpha value is -5.11. The number of rotatable bonds is 8. The van der Waals surface area contributed by atoms with Crippen LogP contribution in [-0.2, 0) is 20.3 Å². The van der Waals surface area contributed by atoms with E-state index in [1.54, 1.807) is 0 Å². The van der Waals surface area contributed by atoms with E-state index >= 15 is 0 Å². The SMILES string of the molecule is C[n+]1cc2ccccc2c(-c2ccc(OCc3ccccc3)cc2)c1-c1ccc(OCc2ccccc2)cc1.F[B-](F)(F)F. The van der Waals surface area contributed by atoms with Gasteiger partial charge < -0.3 is 26.7 Å². The molecule has 0 atom stereocenters. The van der Waals surface area contributed by atoms with E-state index in [9.17, 15) is 17.3 Å². The van der Waals surface area contributed by atoms with E-state index in [0.717, 1.165) is 39.4 Å².